The summed E-state index contributed by atoms with van der Waals surface area (Å²) in [5, 5.41) is 0. The Hall–Kier alpha value is -2.84. The van der Waals surface area contributed by atoms with Crippen molar-refractivity contribution in [1.29, 1.82) is 0 Å². The normalized spacial score (nSPS) is 15.4. The van der Waals surface area contributed by atoms with Crippen molar-refractivity contribution in [1.82, 2.24) is 0 Å². The maximum atomic E-state index is 12.8. The molecular weight excluding hydrogens is 396 g/mol. The summed E-state index contributed by atoms with van der Waals surface area (Å²) in [6, 6.07) is 12.3. The Morgan fingerprint density at radius 1 is 1.00 bits per heavy atom. The van der Waals surface area contributed by atoms with E-state index < -0.39 is 15.8 Å². The molecule has 3 rings (SSSR count). The van der Waals surface area contributed by atoms with Crippen molar-refractivity contribution in [3.05, 3.63) is 60.7 Å². The van der Waals surface area contributed by atoms with Crippen molar-refractivity contribution < 1.29 is 32.2 Å². The molecule has 1 atom stereocenters. The molecular formula is C21H22O7S. The van der Waals surface area contributed by atoms with Gasteiger partial charge in [-0.2, -0.15) is 0 Å². The third-order valence-electron chi connectivity index (χ3n) is 4.04. The molecule has 0 amide bonds. The first-order valence-corrected chi connectivity index (χ1v) is 10.5. The van der Waals surface area contributed by atoms with Crippen molar-refractivity contribution >= 4 is 15.8 Å². The molecule has 1 aliphatic heterocycles. The van der Waals surface area contributed by atoms with Gasteiger partial charge in [-0.05, 0) is 55.5 Å². The number of hydrogen-bond acceptors (Lipinski definition) is 7. The van der Waals surface area contributed by atoms with Gasteiger partial charge in [0.1, 0.15) is 37.4 Å². The predicted molar refractivity (Wildman–Crippen MR) is 105 cm³/mol. The van der Waals surface area contributed by atoms with Gasteiger partial charge in [-0.1, -0.05) is 6.58 Å². The van der Waals surface area contributed by atoms with E-state index in [1.54, 1.807) is 31.2 Å². The number of carbonyl (C=O) groups excluding carboxylic acids is 1. The first-order valence-electron chi connectivity index (χ1n) is 9.01. The number of benzene rings is 2. The van der Waals surface area contributed by atoms with Gasteiger partial charge in [0.15, 0.2) is 0 Å². The fourth-order valence-electron chi connectivity index (χ4n) is 2.34. The Bertz CT molecular complexity index is 959. The van der Waals surface area contributed by atoms with E-state index in [1.165, 1.54) is 24.3 Å². The Labute approximate surface area is 169 Å². The molecule has 8 heteroatoms. The molecule has 1 aliphatic rings. The van der Waals surface area contributed by atoms with Crippen LogP contribution in [0.3, 0.4) is 0 Å². The zero-order chi connectivity index (χ0) is 20.9. The molecule has 154 valence electrons. The first kappa shape index (κ1) is 20.9. The maximum Gasteiger partial charge on any atom is 0.333 e. The summed E-state index contributed by atoms with van der Waals surface area (Å²) in [6.45, 7) is 6.44. The molecule has 2 aromatic carbocycles. The largest absolute Gasteiger partial charge is 0.491 e. The summed E-state index contributed by atoms with van der Waals surface area (Å²) in [5.41, 5.74) is 0.316. The smallest absolute Gasteiger partial charge is 0.333 e. The Kier molecular flexibility index (Phi) is 6.56. The first-order chi connectivity index (χ1) is 13.9. The van der Waals surface area contributed by atoms with Crippen molar-refractivity contribution in [2.75, 3.05) is 26.4 Å². The van der Waals surface area contributed by atoms with Gasteiger partial charge < -0.3 is 18.9 Å². The lowest BCUT2D eigenvalue weighted by atomic mass is 10.3. The second kappa shape index (κ2) is 9.11. The molecule has 1 saturated heterocycles. The van der Waals surface area contributed by atoms with Crippen LogP contribution in [0.2, 0.25) is 0 Å². The predicted octanol–water partition coefficient (Wildman–Crippen LogP) is 2.80. The van der Waals surface area contributed by atoms with Crippen molar-refractivity contribution in [2.24, 2.45) is 0 Å². The Morgan fingerprint density at radius 3 is 2.00 bits per heavy atom. The van der Waals surface area contributed by atoms with Gasteiger partial charge >= 0.3 is 5.97 Å². The number of epoxide rings is 1. The minimum Gasteiger partial charge on any atom is -0.491 e. The second-order valence-corrected chi connectivity index (χ2v) is 8.43. The highest BCUT2D eigenvalue weighted by atomic mass is 32.2. The van der Waals surface area contributed by atoms with Crippen LogP contribution in [0.4, 0.5) is 0 Å². The topological polar surface area (TPSA) is 91.4 Å². The van der Waals surface area contributed by atoms with E-state index in [9.17, 15) is 13.2 Å². The lowest BCUT2D eigenvalue weighted by Crippen LogP contribution is -2.12. The van der Waals surface area contributed by atoms with Crippen LogP contribution in [0, 0.1) is 0 Å². The Balaban J connectivity index is 1.56. The van der Waals surface area contributed by atoms with Gasteiger partial charge in [0, 0.05) is 5.57 Å². The SMILES string of the molecule is C=C(C)C(=O)OCCOc1ccc(S(=O)(=O)c2ccc(OCC3CO3)cc2)cc1. The summed E-state index contributed by atoms with van der Waals surface area (Å²) in [6.07, 6.45) is 0.136. The van der Waals surface area contributed by atoms with Gasteiger partial charge in [-0.3, -0.25) is 0 Å². The van der Waals surface area contributed by atoms with Crippen molar-refractivity contribution in [2.45, 2.75) is 22.8 Å². The molecule has 0 N–H and O–H groups in total. The van der Waals surface area contributed by atoms with E-state index in [-0.39, 0.29) is 29.1 Å². The standard InChI is InChI=1S/C21H22O7S/c1-15(2)21(22)26-12-11-25-16-3-7-19(8-4-16)29(23,24)20-9-5-17(6-10-20)27-13-18-14-28-18/h3-10,18H,1,11-14H2,2H3. The molecule has 0 bridgehead atoms. The summed E-state index contributed by atoms with van der Waals surface area (Å²) in [7, 11) is -3.65. The van der Waals surface area contributed by atoms with Crippen molar-refractivity contribution in [3.63, 3.8) is 0 Å². The van der Waals surface area contributed by atoms with Crippen molar-refractivity contribution in [3.8, 4) is 11.5 Å². The highest BCUT2D eigenvalue weighted by molar-refractivity contribution is 7.91. The average molecular weight is 418 g/mol. The quantitative estimate of drug-likeness (QED) is 0.254. The number of hydrogen-bond donors (Lipinski definition) is 0. The molecule has 0 aliphatic carbocycles. The van der Waals surface area contributed by atoms with Crippen LogP contribution >= 0.6 is 0 Å². The molecule has 2 aromatic rings. The summed E-state index contributed by atoms with van der Waals surface area (Å²) < 4.78 is 46.5. The molecule has 0 aromatic heterocycles. The van der Waals surface area contributed by atoms with Crippen LogP contribution in [0.5, 0.6) is 11.5 Å². The zero-order valence-electron chi connectivity index (χ0n) is 16.0. The average Bonchev–Trinajstić information content (AvgIpc) is 3.54. The molecule has 7 nitrogen and oxygen atoms in total. The zero-order valence-corrected chi connectivity index (χ0v) is 16.8. The van der Waals surface area contributed by atoms with E-state index in [4.69, 9.17) is 18.9 Å². The number of ether oxygens (including phenoxy) is 4. The summed E-state index contributed by atoms with van der Waals surface area (Å²) >= 11 is 0. The van der Waals surface area contributed by atoms with Crippen LogP contribution in [0.1, 0.15) is 6.92 Å². The third kappa shape index (κ3) is 5.82. The monoisotopic (exact) mass is 418 g/mol. The lowest BCUT2D eigenvalue weighted by Gasteiger charge is -2.09. The van der Waals surface area contributed by atoms with Crippen LogP contribution in [-0.4, -0.2) is 46.9 Å². The van der Waals surface area contributed by atoms with Crippen LogP contribution < -0.4 is 9.47 Å². The minimum atomic E-state index is -3.65. The summed E-state index contributed by atoms with van der Waals surface area (Å²) in [5.74, 6) is 0.587. The maximum absolute atomic E-state index is 12.8. The molecule has 0 spiro atoms. The molecule has 1 fully saturated rings. The van der Waals surface area contributed by atoms with E-state index in [0.29, 0.717) is 30.3 Å². The molecule has 1 heterocycles. The molecule has 0 saturated carbocycles. The second-order valence-electron chi connectivity index (χ2n) is 6.48. The van der Waals surface area contributed by atoms with E-state index in [2.05, 4.69) is 6.58 Å². The van der Waals surface area contributed by atoms with E-state index in [1.807, 2.05) is 0 Å². The number of sulfone groups is 1. The van der Waals surface area contributed by atoms with Crippen LogP contribution in [0.15, 0.2) is 70.5 Å². The van der Waals surface area contributed by atoms with Crippen LogP contribution in [0.25, 0.3) is 0 Å². The number of esters is 1. The minimum absolute atomic E-state index is 0.0764. The summed E-state index contributed by atoms with van der Waals surface area (Å²) in [4.78, 5) is 11.6. The van der Waals surface area contributed by atoms with Gasteiger partial charge in [-0.15, -0.1) is 0 Å². The van der Waals surface area contributed by atoms with E-state index >= 15 is 0 Å². The molecule has 29 heavy (non-hydrogen) atoms. The highest BCUT2D eigenvalue weighted by Gasteiger charge is 2.23. The number of carbonyl (C=O) groups is 1. The third-order valence-corrected chi connectivity index (χ3v) is 5.83. The van der Waals surface area contributed by atoms with Gasteiger partial charge in [0.05, 0.1) is 16.4 Å². The van der Waals surface area contributed by atoms with Gasteiger partial charge in [0.2, 0.25) is 9.84 Å². The fraction of sp³-hybridized carbons (Fsp3) is 0.286. The fourth-order valence-corrected chi connectivity index (χ4v) is 3.60. The number of rotatable bonds is 10. The Morgan fingerprint density at radius 2 is 1.52 bits per heavy atom. The molecule has 1 unspecified atom stereocenters. The lowest BCUT2D eigenvalue weighted by molar-refractivity contribution is -0.139. The van der Waals surface area contributed by atoms with E-state index in [0.717, 1.165) is 0 Å². The van der Waals surface area contributed by atoms with Crippen LogP contribution in [-0.2, 0) is 24.1 Å². The van der Waals surface area contributed by atoms with Gasteiger partial charge in [-0.25, -0.2) is 13.2 Å². The molecule has 0 radical (unpaired) electrons. The highest BCUT2D eigenvalue weighted by Crippen LogP contribution is 2.25. The van der Waals surface area contributed by atoms with Gasteiger partial charge in [0.25, 0.3) is 0 Å².